The van der Waals surface area contributed by atoms with E-state index >= 15 is 0 Å². The minimum Gasteiger partial charge on any atom is -0.477 e. The Labute approximate surface area is 127 Å². The Morgan fingerprint density at radius 1 is 1.25 bits per heavy atom. The molecule has 2 rings (SSSR count). The second-order valence-electron chi connectivity index (χ2n) is 3.82. The summed E-state index contributed by atoms with van der Waals surface area (Å²) in [6, 6.07) is 6.59. The fourth-order valence-electron chi connectivity index (χ4n) is 1.44. The van der Waals surface area contributed by atoms with E-state index in [9.17, 15) is 14.0 Å². The van der Waals surface area contributed by atoms with E-state index in [1.807, 2.05) is 22.6 Å². The third-order valence-corrected chi connectivity index (χ3v) is 3.32. The topological polar surface area (TPSA) is 79.3 Å². The fourth-order valence-corrected chi connectivity index (χ4v) is 2.05. The Morgan fingerprint density at radius 3 is 2.55 bits per heavy atom. The first-order valence-electron chi connectivity index (χ1n) is 5.43. The molecule has 0 radical (unpaired) electrons. The molecule has 0 saturated carbocycles. The molecule has 0 atom stereocenters. The van der Waals surface area contributed by atoms with Gasteiger partial charge in [-0.15, -0.1) is 0 Å². The Kier molecular flexibility index (Phi) is 4.28. The average Bonchev–Trinajstić information content (AvgIpc) is 2.42. The highest BCUT2D eigenvalue weighted by atomic mass is 127. The highest BCUT2D eigenvalue weighted by Gasteiger charge is 2.11. The van der Waals surface area contributed by atoms with Crippen molar-refractivity contribution in [3.05, 3.63) is 57.2 Å². The Morgan fingerprint density at radius 2 is 2.00 bits per heavy atom. The third-order valence-electron chi connectivity index (χ3n) is 2.42. The van der Waals surface area contributed by atoms with Gasteiger partial charge >= 0.3 is 5.97 Å². The molecule has 0 fully saturated rings. The lowest BCUT2D eigenvalue weighted by Crippen LogP contribution is -2.14. The zero-order valence-electron chi connectivity index (χ0n) is 9.93. The molecule has 102 valence electrons. The highest BCUT2D eigenvalue weighted by molar-refractivity contribution is 14.1. The van der Waals surface area contributed by atoms with Crippen LogP contribution >= 0.6 is 22.6 Å². The second kappa shape index (κ2) is 5.95. The molecule has 0 aliphatic carbocycles. The zero-order chi connectivity index (χ0) is 14.7. The molecule has 0 unspecified atom stereocenters. The van der Waals surface area contributed by atoms with Crippen molar-refractivity contribution >= 4 is 40.2 Å². The normalized spacial score (nSPS) is 10.1. The first-order chi connectivity index (χ1) is 9.47. The number of halogens is 2. The molecule has 1 aromatic heterocycles. The van der Waals surface area contributed by atoms with Gasteiger partial charge in [0.1, 0.15) is 11.5 Å². The fraction of sp³-hybridized carbons (Fsp3) is 0. The molecule has 0 aliphatic heterocycles. The van der Waals surface area contributed by atoms with E-state index in [4.69, 9.17) is 5.11 Å². The molecular weight excluding hydrogens is 378 g/mol. The number of anilines is 1. The van der Waals surface area contributed by atoms with Crippen molar-refractivity contribution in [2.45, 2.75) is 0 Å². The lowest BCUT2D eigenvalue weighted by Gasteiger charge is -2.07. The van der Waals surface area contributed by atoms with E-state index in [0.29, 0.717) is 9.26 Å². The summed E-state index contributed by atoms with van der Waals surface area (Å²) >= 11 is 1.90. The van der Waals surface area contributed by atoms with Crippen LogP contribution in [0.25, 0.3) is 0 Å². The van der Waals surface area contributed by atoms with Crippen LogP contribution in [0, 0.1) is 9.39 Å². The molecule has 1 heterocycles. The van der Waals surface area contributed by atoms with Gasteiger partial charge in [-0.25, -0.2) is 14.2 Å². The largest absolute Gasteiger partial charge is 0.477 e. The molecule has 5 nitrogen and oxygen atoms in total. The third kappa shape index (κ3) is 3.29. The summed E-state index contributed by atoms with van der Waals surface area (Å²) in [4.78, 5) is 26.2. The Balaban J connectivity index is 2.17. The molecule has 0 bridgehead atoms. The summed E-state index contributed by atoms with van der Waals surface area (Å²) in [5, 5.41) is 11.3. The number of aromatic nitrogens is 1. The van der Waals surface area contributed by atoms with Crippen LogP contribution in [-0.4, -0.2) is 22.0 Å². The number of hydrogen-bond acceptors (Lipinski definition) is 3. The predicted octanol–water partition coefficient (Wildman–Crippen LogP) is 2.78. The summed E-state index contributed by atoms with van der Waals surface area (Å²) in [7, 11) is 0. The number of nitrogens with one attached hydrogen (secondary N) is 1. The van der Waals surface area contributed by atoms with Crippen LogP contribution in [0.3, 0.4) is 0 Å². The maximum absolute atomic E-state index is 12.9. The van der Waals surface area contributed by atoms with E-state index in [1.54, 1.807) is 0 Å². The van der Waals surface area contributed by atoms with Crippen molar-refractivity contribution in [2.24, 2.45) is 0 Å². The Hall–Kier alpha value is -2.03. The molecule has 20 heavy (non-hydrogen) atoms. The van der Waals surface area contributed by atoms with Crippen molar-refractivity contribution in [3.63, 3.8) is 0 Å². The smallest absolute Gasteiger partial charge is 0.354 e. The lowest BCUT2D eigenvalue weighted by molar-refractivity contribution is 0.0690. The summed E-state index contributed by atoms with van der Waals surface area (Å²) in [5.74, 6) is -2.00. The van der Waals surface area contributed by atoms with E-state index in [2.05, 4.69) is 10.3 Å². The monoisotopic (exact) mass is 386 g/mol. The number of carbonyl (C=O) groups excluding carboxylic acids is 1. The molecular formula is C13H8FIN2O3. The van der Waals surface area contributed by atoms with Gasteiger partial charge < -0.3 is 10.4 Å². The average molecular weight is 386 g/mol. The number of rotatable bonds is 3. The molecule has 1 amide bonds. The molecule has 2 aromatic rings. The predicted molar refractivity (Wildman–Crippen MR) is 78.3 cm³/mol. The Bertz CT molecular complexity index is 674. The van der Waals surface area contributed by atoms with Crippen LogP contribution in [0.2, 0.25) is 0 Å². The zero-order valence-corrected chi connectivity index (χ0v) is 12.1. The van der Waals surface area contributed by atoms with Crippen LogP contribution in [-0.2, 0) is 0 Å². The van der Waals surface area contributed by atoms with Crippen LogP contribution in [0.4, 0.5) is 10.1 Å². The van der Waals surface area contributed by atoms with Crippen LogP contribution in [0.5, 0.6) is 0 Å². The number of carboxylic acid groups (broad SMARTS) is 1. The van der Waals surface area contributed by atoms with E-state index in [-0.39, 0.29) is 17.1 Å². The lowest BCUT2D eigenvalue weighted by atomic mass is 10.2. The van der Waals surface area contributed by atoms with Crippen LogP contribution < -0.4 is 5.32 Å². The first kappa shape index (κ1) is 14.4. The van der Waals surface area contributed by atoms with Gasteiger partial charge in [0.2, 0.25) is 0 Å². The number of carboxylic acids is 1. The standard InChI is InChI=1S/C13H8FIN2O3/c14-8-2-4-10(9(15)5-8)17-12(18)7-1-3-11(13(19)20)16-6-7/h1-6H,(H,17,18)(H,19,20). The van der Waals surface area contributed by atoms with Gasteiger partial charge in [0.15, 0.2) is 0 Å². The van der Waals surface area contributed by atoms with Gasteiger partial charge in [-0.05, 0) is 52.9 Å². The number of nitrogens with zero attached hydrogens (tertiary/aromatic N) is 1. The summed E-state index contributed by atoms with van der Waals surface area (Å²) in [5.41, 5.74) is 0.548. The number of carbonyl (C=O) groups is 2. The number of amides is 1. The van der Waals surface area contributed by atoms with Gasteiger partial charge in [0.05, 0.1) is 11.3 Å². The van der Waals surface area contributed by atoms with Crippen molar-refractivity contribution < 1.29 is 19.1 Å². The van der Waals surface area contributed by atoms with E-state index < -0.39 is 11.9 Å². The van der Waals surface area contributed by atoms with Gasteiger partial charge in [0, 0.05) is 9.77 Å². The molecule has 2 N–H and O–H groups in total. The maximum Gasteiger partial charge on any atom is 0.354 e. The summed E-state index contributed by atoms with van der Waals surface area (Å²) < 4.78 is 13.5. The molecule has 1 aromatic carbocycles. The number of aromatic carboxylic acids is 1. The molecule has 7 heteroatoms. The number of hydrogen-bond donors (Lipinski definition) is 2. The summed E-state index contributed by atoms with van der Waals surface area (Å²) in [6.07, 6.45) is 1.18. The van der Waals surface area contributed by atoms with Crippen molar-refractivity contribution in [1.82, 2.24) is 4.98 Å². The van der Waals surface area contributed by atoms with Crippen LogP contribution in [0.1, 0.15) is 20.8 Å². The minimum atomic E-state index is -1.16. The number of benzene rings is 1. The maximum atomic E-state index is 12.9. The van der Waals surface area contributed by atoms with E-state index in [0.717, 1.165) is 0 Å². The molecule has 0 spiro atoms. The van der Waals surface area contributed by atoms with Crippen molar-refractivity contribution in [2.75, 3.05) is 5.32 Å². The van der Waals surface area contributed by atoms with Crippen molar-refractivity contribution in [1.29, 1.82) is 0 Å². The number of pyridine rings is 1. The molecule has 0 saturated heterocycles. The summed E-state index contributed by atoms with van der Waals surface area (Å²) in [6.45, 7) is 0. The first-order valence-corrected chi connectivity index (χ1v) is 6.51. The quantitative estimate of drug-likeness (QED) is 0.796. The molecule has 0 aliphatic rings. The SMILES string of the molecule is O=C(Nc1ccc(F)cc1I)c1ccc(C(=O)O)nc1. The van der Waals surface area contributed by atoms with E-state index in [1.165, 1.54) is 36.5 Å². The van der Waals surface area contributed by atoms with Gasteiger partial charge in [-0.3, -0.25) is 4.79 Å². The minimum absolute atomic E-state index is 0.141. The highest BCUT2D eigenvalue weighted by Crippen LogP contribution is 2.19. The van der Waals surface area contributed by atoms with Crippen molar-refractivity contribution in [3.8, 4) is 0 Å². The van der Waals surface area contributed by atoms with Gasteiger partial charge in [-0.2, -0.15) is 0 Å². The van der Waals surface area contributed by atoms with Crippen LogP contribution in [0.15, 0.2) is 36.5 Å². The van der Waals surface area contributed by atoms with Gasteiger partial charge in [-0.1, -0.05) is 0 Å². The second-order valence-corrected chi connectivity index (χ2v) is 4.98. The van der Waals surface area contributed by atoms with Gasteiger partial charge in [0.25, 0.3) is 5.91 Å².